The number of rotatable bonds is 1. The summed E-state index contributed by atoms with van der Waals surface area (Å²) in [5.74, 6) is 1.03. The molecule has 0 radical (unpaired) electrons. The second-order valence-corrected chi connectivity index (χ2v) is 6.00. The molecule has 0 saturated heterocycles. The number of anilines is 1. The van der Waals surface area contributed by atoms with Crippen LogP contribution in [0.25, 0.3) is 0 Å². The summed E-state index contributed by atoms with van der Waals surface area (Å²) in [6.45, 7) is 6.81. The Hall–Kier alpha value is -1.18. The molecule has 1 aliphatic heterocycles. The van der Waals surface area contributed by atoms with E-state index in [-0.39, 0.29) is 0 Å². The first-order valence-electron chi connectivity index (χ1n) is 6.66. The second-order valence-electron chi connectivity index (χ2n) is 6.00. The quantitative estimate of drug-likeness (QED) is 0.797. The Morgan fingerprint density at radius 1 is 1.41 bits per heavy atom. The van der Waals surface area contributed by atoms with Crippen LogP contribution in [0, 0.1) is 5.41 Å². The maximum atomic E-state index is 6.21. The molecule has 1 saturated carbocycles. The molecule has 17 heavy (non-hydrogen) atoms. The molecule has 2 atom stereocenters. The van der Waals surface area contributed by atoms with Crippen LogP contribution in [0.2, 0.25) is 0 Å². The van der Waals surface area contributed by atoms with Crippen LogP contribution in [0.3, 0.4) is 0 Å². The summed E-state index contributed by atoms with van der Waals surface area (Å²) >= 11 is 0. The third-order valence-electron chi connectivity index (χ3n) is 4.28. The minimum absolute atomic E-state index is 0.290. The van der Waals surface area contributed by atoms with Crippen molar-refractivity contribution < 1.29 is 4.74 Å². The molecule has 1 aromatic rings. The SMILES string of the molecule is CCc1ccc2c(c1)NC1CCC(C)(C)C1O2. The van der Waals surface area contributed by atoms with E-state index < -0.39 is 0 Å². The van der Waals surface area contributed by atoms with Gasteiger partial charge in [-0.15, -0.1) is 0 Å². The lowest BCUT2D eigenvalue weighted by Crippen LogP contribution is -2.43. The molecule has 92 valence electrons. The minimum atomic E-state index is 0.290. The number of hydrogen-bond acceptors (Lipinski definition) is 2. The molecule has 2 unspecified atom stereocenters. The van der Waals surface area contributed by atoms with Gasteiger partial charge >= 0.3 is 0 Å². The van der Waals surface area contributed by atoms with E-state index >= 15 is 0 Å². The average molecular weight is 231 g/mol. The molecule has 0 aromatic heterocycles. The molecule has 0 amide bonds. The van der Waals surface area contributed by atoms with Crippen molar-refractivity contribution in [3.05, 3.63) is 23.8 Å². The highest BCUT2D eigenvalue weighted by molar-refractivity contribution is 5.61. The lowest BCUT2D eigenvalue weighted by atomic mass is 9.88. The molecule has 1 fully saturated rings. The summed E-state index contributed by atoms with van der Waals surface area (Å²) in [5, 5.41) is 3.66. The van der Waals surface area contributed by atoms with E-state index in [1.54, 1.807) is 0 Å². The maximum absolute atomic E-state index is 6.21. The van der Waals surface area contributed by atoms with Crippen molar-refractivity contribution in [3.63, 3.8) is 0 Å². The zero-order chi connectivity index (χ0) is 12.0. The fraction of sp³-hybridized carbons (Fsp3) is 0.600. The molecule has 0 spiro atoms. The first-order valence-corrected chi connectivity index (χ1v) is 6.66. The monoisotopic (exact) mass is 231 g/mol. The van der Waals surface area contributed by atoms with Crippen molar-refractivity contribution in [2.45, 2.75) is 52.2 Å². The van der Waals surface area contributed by atoms with Crippen LogP contribution in [0.5, 0.6) is 5.75 Å². The van der Waals surface area contributed by atoms with Gasteiger partial charge in [-0.3, -0.25) is 0 Å². The predicted molar refractivity (Wildman–Crippen MR) is 70.7 cm³/mol. The third-order valence-corrected chi connectivity index (χ3v) is 4.28. The Bertz CT molecular complexity index is 439. The van der Waals surface area contributed by atoms with Crippen LogP contribution in [0.1, 0.15) is 39.2 Å². The number of benzene rings is 1. The van der Waals surface area contributed by atoms with Crippen molar-refractivity contribution in [2.24, 2.45) is 5.41 Å². The highest BCUT2D eigenvalue weighted by atomic mass is 16.5. The third kappa shape index (κ3) is 1.70. The number of ether oxygens (including phenoxy) is 1. The fourth-order valence-electron chi connectivity index (χ4n) is 3.10. The molecular weight excluding hydrogens is 210 g/mol. The van der Waals surface area contributed by atoms with E-state index in [0.29, 0.717) is 17.6 Å². The molecule has 1 heterocycles. The summed E-state index contributed by atoms with van der Waals surface area (Å²) in [6, 6.07) is 7.01. The first kappa shape index (κ1) is 10.9. The summed E-state index contributed by atoms with van der Waals surface area (Å²) in [7, 11) is 0. The van der Waals surface area contributed by atoms with Crippen molar-refractivity contribution in [1.82, 2.24) is 0 Å². The van der Waals surface area contributed by atoms with Gasteiger partial charge in [0.05, 0.1) is 11.7 Å². The topological polar surface area (TPSA) is 21.3 Å². The van der Waals surface area contributed by atoms with Crippen molar-refractivity contribution in [2.75, 3.05) is 5.32 Å². The predicted octanol–water partition coefficient (Wildman–Crippen LogP) is 3.61. The largest absolute Gasteiger partial charge is 0.486 e. The molecular formula is C15H21NO. The number of hydrogen-bond donors (Lipinski definition) is 1. The van der Waals surface area contributed by atoms with Crippen LogP contribution >= 0.6 is 0 Å². The smallest absolute Gasteiger partial charge is 0.142 e. The average Bonchev–Trinajstić information content (AvgIpc) is 2.62. The Morgan fingerprint density at radius 3 is 3.00 bits per heavy atom. The normalized spacial score (nSPS) is 28.9. The van der Waals surface area contributed by atoms with Crippen molar-refractivity contribution >= 4 is 5.69 Å². The summed E-state index contributed by atoms with van der Waals surface area (Å²) < 4.78 is 6.21. The van der Waals surface area contributed by atoms with Crippen LogP contribution in [0.15, 0.2) is 18.2 Å². The Balaban J connectivity index is 1.94. The second kappa shape index (κ2) is 3.66. The van der Waals surface area contributed by atoms with Crippen LogP contribution in [-0.4, -0.2) is 12.1 Å². The van der Waals surface area contributed by atoms with Gasteiger partial charge in [-0.1, -0.05) is 26.8 Å². The highest BCUT2D eigenvalue weighted by Gasteiger charge is 2.46. The Morgan fingerprint density at radius 2 is 2.24 bits per heavy atom. The van der Waals surface area contributed by atoms with Gasteiger partial charge in [-0.05, 0) is 37.0 Å². The zero-order valence-corrected chi connectivity index (χ0v) is 10.9. The maximum Gasteiger partial charge on any atom is 0.142 e. The summed E-state index contributed by atoms with van der Waals surface area (Å²) in [5.41, 5.74) is 2.84. The molecule has 2 nitrogen and oxygen atoms in total. The summed E-state index contributed by atoms with van der Waals surface area (Å²) in [6.07, 6.45) is 3.86. The Kier molecular flexibility index (Phi) is 2.35. The lowest BCUT2D eigenvalue weighted by molar-refractivity contribution is 0.0901. The van der Waals surface area contributed by atoms with Gasteiger partial charge in [-0.25, -0.2) is 0 Å². The molecule has 1 aliphatic carbocycles. The van der Waals surface area contributed by atoms with Gasteiger partial charge in [-0.2, -0.15) is 0 Å². The number of aryl methyl sites for hydroxylation is 1. The van der Waals surface area contributed by atoms with E-state index in [0.717, 1.165) is 12.2 Å². The number of nitrogens with one attached hydrogen (secondary N) is 1. The van der Waals surface area contributed by atoms with E-state index in [4.69, 9.17) is 4.74 Å². The molecule has 2 heteroatoms. The van der Waals surface area contributed by atoms with Crippen molar-refractivity contribution in [3.8, 4) is 5.75 Å². The zero-order valence-electron chi connectivity index (χ0n) is 10.9. The van der Waals surface area contributed by atoms with Gasteiger partial charge in [0.2, 0.25) is 0 Å². The van der Waals surface area contributed by atoms with Gasteiger partial charge in [0.25, 0.3) is 0 Å². The first-order chi connectivity index (χ1) is 8.10. The Labute approximate surface area is 103 Å². The fourth-order valence-corrected chi connectivity index (χ4v) is 3.10. The van der Waals surface area contributed by atoms with Crippen molar-refractivity contribution in [1.29, 1.82) is 0 Å². The van der Waals surface area contributed by atoms with E-state index in [1.807, 2.05) is 0 Å². The van der Waals surface area contributed by atoms with E-state index in [1.165, 1.54) is 24.1 Å². The van der Waals surface area contributed by atoms with Gasteiger partial charge in [0.1, 0.15) is 11.9 Å². The number of fused-ring (bicyclic) bond motifs is 2. The van der Waals surface area contributed by atoms with Gasteiger partial charge in [0.15, 0.2) is 0 Å². The standard InChI is InChI=1S/C15H21NO/c1-4-10-5-6-13-12(9-10)16-11-7-8-15(2,3)14(11)17-13/h5-6,9,11,14,16H,4,7-8H2,1-3H3. The highest BCUT2D eigenvalue weighted by Crippen LogP contribution is 2.46. The lowest BCUT2D eigenvalue weighted by Gasteiger charge is -2.36. The van der Waals surface area contributed by atoms with Gasteiger partial charge in [0, 0.05) is 5.41 Å². The molecule has 1 aromatic carbocycles. The molecule has 1 N–H and O–H groups in total. The van der Waals surface area contributed by atoms with Crippen LogP contribution in [0.4, 0.5) is 5.69 Å². The minimum Gasteiger partial charge on any atom is -0.486 e. The van der Waals surface area contributed by atoms with Gasteiger partial charge < -0.3 is 10.1 Å². The van der Waals surface area contributed by atoms with Crippen LogP contribution in [-0.2, 0) is 6.42 Å². The molecule has 0 bridgehead atoms. The van der Waals surface area contributed by atoms with E-state index in [9.17, 15) is 0 Å². The summed E-state index contributed by atoms with van der Waals surface area (Å²) in [4.78, 5) is 0. The van der Waals surface area contributed by atoms with Crippen LogP contribution < -0.4 is 10.1 Å². The van der Waals surface area contributed by atoms with E-state index in [2.05, 4.69) is 44.3 Å². The molecule has 3 rings (SSSR count). The molecule has 2 aliphatic rings.